The smallest absolute Gasteiger partial charge is 0.262 e. The van der Waals surface area contributed by atoms with Gasteiger partial charge in [0.1, 0.15) is 11.6 Å². The lowest BCUT2D eigenvalue weighted by Crippen LogP contribution is -2.28. The molecule has 0 saturated heterocycles. The Bertz CT molecular complexity index is 490. The predicted molar refractivity (Wildman–Crippen MR) is 67.8 cm³/mol. The molecule has 1 aromatic carbocycles. The summed E-state index contributed by atoms with van der Waals surface area (Å²) in [5.74, 6) is 0.283. The highest BCUT2D eigenvalue weighted by Gasteiger charge is 2.16. The van der Waals surface area contributed by atoms with Gasteiger partial charge in [-0.1, -0.05) is 6.07 Å². The lowest BCUT2D eigenvalue weighted by atomic mass is 10.1. The van der Waals surface area contributed by atoms with Crippen molar-refractivity contribution >= 4 is 29.1 Å². The van der Waals surface area contributed by atoms with Crippen molar-refractivity contribution in [3.05, 3.63) is 23.8 Å². The lowest BCUT2D eigenvalue weighted by molar-refractivity contribution is -0.127. The third-order valence-corrected chi connectivity index (χ3v) is 2.87. The third-order valence-electron chi connectivity index (χ3n) is 2.64. The van der Waals surface area contributed by atoms with Crippen molar-refractivity contribution < 1.29 is 14.3 Å². The molecule has 18 heavy (non-hydrogen) atoms. The van der Waals surface area contributed by atoms with Gasteiger partial charge >= 0.3 is 0 Å². The maximum absolute atomic E-state index is 11.4. The lowest BCUT2D eigenvalue weighted by Gasteiger charge is -2.20. The molecule has 0 radical (unpaired) electrons. The molecule has 1 heterocycles. The van der Waals surface area contributed by atoms with E-state index in [1.165, 1.54) is 4.90 Å². The predicted octanol–water partition coefficient (Wildman–Crippen LogP) is 1.21. The van der Waals surface area contributed by atoms with Crippen molar-refractivity contribution in [3.8, 4) is 5.75 Å². The molecular formula is C12H13ClN2O3. The first kappa shape index (κ1) is 12.7. The van der Waals surface area contributed by atoms with Crippen molar-refractivity contribution in [3.63, 3.8) is 0 Å². The molecule has 0 fully saturated rings. The number of ether oxygens (including phenoxy) is 1. The number of anilines is 1. The molecule has 0 aromatic heterocycles. The number of carbonyl (C=O) groups is 2. The molecule has 6 heteroatoms. The van der Waals surface area contributed by atoms with Gasteiger partial charge in [-0.15, -0.1) is 11.6 Å². The molecule has 0 bridgehead atoms. The van der Waals surface area contributed by atoms with Gasteiger partial charge in [-0.25, -0.2) is 0 Å². The standard InChI is InChI=1S/C12H13ClN2O3/c1-15(12(17)5-13)6-8-2-3-10-9(4-8)14-11(16)7-18-10/h2-4H,5-7H2,1H3,(H,14,16). The van der Waals surface area contributed by atoms with Gasteiger partial charge < -0.3 is 15.0 Å². The highest BCUT2D eigenvalue weighted by molar-refractivity contribution is 6.27. The van der Waals surface area contributed by atoms with Gasteiger partial charge in [-0.3, -0.25) is 9.59 Å². The number of hydrogen-bond acceptors (Lipinski definition) is 3. The Morgan fingerprint density at radius 1 is 1.56 bits per heavy atom. The van der Waals surface area contributed by atoms with Gasteiger partial charge in [-0.2, -0.15) is 0 Å². The first-order valence-electron chi connectivity index (χ1n) is 5.45. The Morgan fingerprint density at radius 3 is 3.06 bits per heavy atom. The summed E-state index contributed by atoms with van der Waals surface area (Å²) in [6.45, 7) is 0.478. The van der Waals surface area contributed by atoms with Crippen LogP contribution in [0.4, 0.5) is 5.69 Å². The Kier molecular flexibility index (Phi) is 3.72. The summed E-state index contributed by atoms with van der Waals surface area (Å²) in [6.07, 6.45) is 0. The monoisotopic (exact) mass is 268 g/mol. The van der Waals surface area contributed by atoms with Crippen molar-refractivity contribution in [1.82, 2.24) is 4.90 Å². The number of amides is 2. The largest absolute Gasteiger partial charge is 0.482 e. The van der Waals surface area contributed by atoms with Gasteiger partial charge in [0.15, 0.2) is 6.61 Å². The van der Waals surface area contributed by atoms with E-state index in [0.29, 0.717) is 18.0 Å². The zero-order chi connectivity index (χ0) is 13.1. The van der Waals surface area contributed by atoms with Crippen LogP contribution in [0.3, 0.4) is 0 Å². The number of nitrogens with one attached hydrogen (secondary N) is 1. The molecule has 0 unspecified atom stereocenters. The van der Waals surface area contributed by atoms with E-state index in [-0.39, 0.29) is 24.3 Å². The fourth-order valence-corrected chi connectivity index (χ4v) is 1.90. The minimum atomic E-state index is -0.176. The zero-order valence-electron chi connectivity index (χ0n) is 9.90. The molecule has 2 rings (SSSR count). The summed E-state index contributed by atoms with van der Waals surface area (Å²) in [5.41, 5.74) is 1.54. The molecule has 0 saturated carbocycles. The molecule has 5 nitrogen and oxygen atoms in total. The number of hydrogen-bond donors (Lipinski definition) is 1. The summed E-state index contributed by atoms with van der Waals surface area (Å²) in [5, 5.41) is 2.72. The maximum Gasteiger partial charge on any atom is 0.262 e. The fraction of sp³-hybridized carbons (Fsp3) is 0.333. The second-order valence-corrected chi connectivity index (χ2v) is 4.32. The highest BCUT2D eigenvalue weighted by atomic mass is 35.5. The van der Waals surface area contributed by atoms with E-state index in [0.717, 1.165) is 5.56 Å². The number of rotatable bonds is 3. The van der Waals surface area contributed by atoms with Gasteiger partial charge in [0.2, 0.25) is 5.91 Å². The van der Waals surface area contributed by atoms with Crippen LogP contribution < -0.4 is 10.1 Å². The van der Waals surface area contributed by atoms with Crippen LogP contribution in [0.15, 0.2) is 18.2 Å². The molecular weight excluding hydrogens is 256 g/mol. The molecule has 1 aliphatic rings. The minimum Gasteiger partial charge on any atom is -0.482 e. The molecule has 2 amide bonds. The molecule has 0 spiro atoms. The first-order chi connectivity index (χ1) is 8.60. The summed E-state index contributed by atoms with van der Waals surface area (Å²) >= 11 is 5.48. The maximum atomic E-state index is 11.4. The van der Waals surface area contributed by atoms with Crippen LogP contribution in [-0.2, 0) is 16.1 Å². The topological polar surface area (TPSA) is 58.6 Å². The van der Waals surface area contributed by atoms with Gasteiger partial charge in [0, 0.05) is 13.6 Å². The van der Waals surface area contributed by atoms with Crippen LogP contribution in [0, 0.1) is 0 Å². The van der Waals surface area contributed by atoms with Crippen molar-refractivity contribution in [2.24, 2.45) is 0 Å². The number of halogens is 1. The molecule has 96 valence electrons. The molecule has 0 aliphatic carbocycles. The Hall–Kier alpha value is -1.75. The average Bonchev–Trinajstić information content (AvgIpc) is 2.37. The summed E-state index contributed by atoms with van der Waals surface area (Å²) in [7, 11) is 1.68. The Balaban J connectivity index is 2.13. The van der Waals surface area contributed by atoms with Crippen LogP contribution in [0.2, 0.25) is 0 Å². The average molecular weight is 269 g/mol. The number of nitrogens with zero attached hydrogens (tertiary/aromatic N) is 1. The Morgan fingerprint density at radius 2 is 2.33 bits per heavy atom. The van der Waals surface area contributed by atoms with Crippen LogP contribution in [0.5, 0.6) is 5.75 Å². The van der Waals surface area contributed by atoms with E-state index in [4.69, 9.17) is 16.3 Å². The molecule has 0 atom stereocenters. The van der Waals surface area contributed by atoms with Gasteiger partial charge in [-0.05, 0) is 17.7 Å². The number of benzene rings is 1. The van der Waals surface area contributed by atoms with Crippen LogP contribution in [0.1, 0.15) is 5.56 Å². The van der Waals surface area contributed by atoms with Crippen molar-refractivity contribution in [1.29, 1.82) is 0 Å². The third kappa shape index (κ3) is 2.73. The fourth-order valence-electron chi connectivity index (χ4n) is 1.69. The number of alkyl halides is 1. The van der Waals surface area contributed by atoms with E-state index >= 15 is 0 Å². The second kappa shape index (κ2) is 5.27. The minimum absolute atomic E-state index is 0.0387. The van der Waals surface area contributed by atoms with Crippen molar-refractivity contribution in [2.45, 2.75) is 6.54 Å². The van der Waals surface area contributed by atoms with E-state index < -0.39 is 0 Å². The van der Waals surface area contributed by atoms with Crippen LogP contribution >= 0.6 is 11.6 Å². The van der Waals surface area contributed by atoms with Crippen LogP contribution in [0.25, 0.3) is 0 Å². The zero-order valence-corrected chi connectivity index (χ0v) is 10.7. The molecule has 1 N–H and O–H groups in total. The summed E-state index contributed by atoms with van der Waals surface area (Å²) in [6, 6.07) is 5.43. The van der Waals surface area contributed by atoms with E-state index in [1.807, 2.05) is 6.07 Å². The first-order valence-corrected chi connectivity index (χ1v) is 5.99. The molecule has 1 aliphatic heterocycles. The Labute approximate surface area is 110 Å². The van der Waals surface area contributed by atoms with E-state index in [1.54, 1.807) is 19.2 Å². The summed E-state index contributed by atoms with van der Waals surface area (Å²) < 4.78 is 5.25. The highest BCUT2D eigenvalue weighted by Crippen LogP contribution is 2.28. The quantitative estimate of drug-likeness (QED) is 0.839. The SMILES string of the molecule is CN(Cc1ccc2c(c1)NC(=O)CO2)C(=O)CCl. The van der Waals surface area contributed by atoms with Crippen molar-refractivity contribution in [2.75, 3.05) is 24.9 Å². The van der Waals surface area contributed by atoms with E-state index in [2.05, 4.69) is 5.32 Å². The van der Waals surface area contributed by atoms with Gasteiger partial charge in [0.25, 0.3) is 5.91 Å². The van der Waals surface area contributed by atoms with Gasteiger partial charge in [0.05, 0.1) is 5.69 Å². The summed E-state index contributed by atoms with van der Waals surface area (Å²) in [4.78, 5) is 24.1. The normalized spacial score (nSPS) is 13.3. The molecule has 1 aromatic rings. The van der Waals surface area contributed by atoms with Crippen LogP contribution in [-0.4, -0.2) is 36.2 Å². The number of carbonyl (C=O) groups excluding carboxylic acids is 2. The van der Waals surface area contributed by atoms with E-state index in [9.17, 15) is 9.59 Å². The second-order valence-electron chi connectivity index (χ2n) is 4.05. The number of fused-ring (bicyclic) bond motifs is 1.